The summed E-state index contributed by atoms with van der Waals surface area (Å²) in [7, 11) is 0. The van der Waals surface area contributed by atoms with Gasteiger partial charge in [0.15, 0.2) is 0 Å². The Bertz CT molecular complexity index is 364. The first kappa shape index (κ1) is 12.6. The highest BCUT2D eigenvalue weighted by Crippen LogP contribution is 2.29. The number of nitrogens with two attached hydrogens (primary N) is 1. The molecular weight excluding hydrogens is 210 g/mol. The van der Waals surface area contributed by atoms with Crippen molar-refractivity contribution in [2.45, 2.75) is 51.2 Å². The van der Waals surface area contributed by atoms with Crippen LogP contribution in [0.3, 0.4) is 0 Å². The number of unbranched alkanes of at least 4 members (excludes halogenated alkanes) is 1. The van der Waals surface area contributed by atoms with E-state index >= 15 is 0 Å². The van der Waals surface area contributed by atoms with Crippen LogP contribution in [-0.2, 0) is 0 Å². The summed E-state index contributed by atoms with van der Waals surface area (Å²) < 4.78 is 0. The smallest absolute Gasteiger partial charge is 0.0764 e. The molecule has 3 heteroatoms. The van der Waals surface area contributed by atoms with Crippen molar-refractivity contribution in [3.05, 3.63) is 35.4 Å². The number of rotatable bonds is 4. The van der Waals surface area contributed by atoms with Crippen LogP contribution < -0.4 is 16.6 Å². The minimum absolute atomic E-state index is 0.0120. The standard InChI is InChI=1S/C14H23N3/c1-3-4-9-12-13(14(15)17-16-12)11-8-6-5-7-10(11)2/h5-8,12-14,16-17H,3-4,9,15H2,1-2H3. The van der Waals surface area contributed by atoms with Crippen LogP contribution in [0.25, 0.3) is 0 Å². The molecule has 4 N–H and O–H groups in total. The van der Waals surface area contributed by atoms with Gasteiger partial charge in [0.25, 0.3) is 0 Å². The van der Waals surface area contributed by atoms with Gasteiger partial charge in [0.05, 0.1) is 6.17 Å². The van der Waals surface area contributed by atoms with E-state index in [0.717, 1.165) is 0 Å². The average Bonchev–Trinajstić information content (AvgIpc) is 2.69. The summed E-state index contributed by atoms with van der Waals surface area (Å²) in [6, 6.07) is 9.00. The van der Waals surface area contributed by atoms with Gasteiger partial charge >= 0.3 is 0 Å². The maximum absolute atomic E-state index is 6.17. The molecule has 1 aliphatic rings. The fourth-order valence-electron chi connectivity index (χ4n) is 2.68. The maximum Gasteiger partial charge on any atom is 0.0764 e. The van der Waals surface area contributed by atoms with E-state index in [2.05, 4.69) is 49.0 Å². The first-order chi connectivity index (χ1) is 8.24. The molecule has 3 unspecified atom stereocenters. The number of nitrogens with one attached hydrogen (secondary N) is 2. The molecule has 1 fully saturated rings. The highest BCUT2D eigenvalue weighted by molar-refractivity contribution is 5.32. The lowest BCUT2D eigenvalue weighted by Gasteiger charge is -2.22. The van der Waals surface area contributed by atoms with Crippen molar-refractivity contribution in [2.24, 2.45) is 5.73 Å². The van der Waals surface area contributed by atoms with E-state index in [4.69, 9.17) is 5.73 Å². The average molecular weight is 233 g/mol. The van der Waals surface area contributed by atoms with E-state index in [9.17, 15) is 0 Å². The third-order valence-corrected chi connectivity index (χ3v) is 3.67. The fourth-order valence-corrected chi connectivity index (χ4v) is 2.68. The Morgan fingerprint density at radius 1 is 1.24 bits per heavy atom. The van der Waals surface area contributed by atoms with Gasteiger partial charge in [-0.05, 0) is 24.5 Å². The van der Waals surface area contributed by atoms with E-state index in [1.165, 1.54) is 30.4 Å². The number of hydrogen-bond acceptors (Lipinski definition) is 3. The normalized spacial score (nSPS) is 28.5. The van der Waals surface area contributed by atoms with Crippen molar-refractivity contribution < 1.29 is 0 Å². The van der Waals surface area contributed by atoms with Crippen LogP contribution in [0, 0.1) is 6.92 Å². The van der Waals surface area contributed by atoms with Crippen LogP contribution >= 0.6 is 0 Å². The lowest BCUT2D eigenvalue weighted by Crippen LogP contribution is -2.38. The quantitative estimate of drug-likeness (QED) is 0.746. The zero-order valence-electron chi connectivity index (χ0n) is 10.7. The summed E-state index contributed by atoms with van der Waals surface area (Å²) in [4.78, 5) is 0. The lowest BCUT2D eigenvalue weighted by atomic mass is 9.86. The molecule has 0 aromatic heterocycles. The zero-order chi connectivity index (χ0) is 12.3. The molecule has 94 valence electrons. The number of hydrogen-bond donors (Lipinski definition) is 3. The fraction of sp³-hybridized carbons (Fsp3) is 0.571. The summed E-state index contributed by atoms with van der Waals surface area (Å²) in [6.07, 6.45) is 3.66. The van der Waals surface area contributed by atoms with Crippen LogP contribution in [0.15, 0.2) is 24.3 Å². The molecule has 0 aliphatic carbocycles. The minimum Gasteiger partial charge on any atom is -0.314 e. The lowest BCUT2D eigenvalue weighted by molar-refractivity contribution is 0.472. The Balaban J connectivity index is 2.18. The van der Waals surface area contributed by atoms with Crippen molar-refractivity contribution in [3.63, 3.8) is 0 Å². The van der Waals surface area contributed by atoms with E-state index in [-0.39, 0.29) is 6.17 Å². The van der Waals surface area contributed by atoms with Gasteiger partial charge in [-0.3, -0.25) is 5.43 Å². The van der Waals surface area contributed by atoms with Gasteiger partial charge in [0.1, 0.15) is 0 Å². The molecule has 0 spiro atoms. The second-order valence-electron chi connectivity index (χ2n) is 4.95. The van der Waals surface area contributed by atoms with Gasteiger partial charge in [-0.15, -0.1) is 0 Å². The maximum atomic E-state index is 6.17. The molecule has 3 atom stereocenters. The Kier molecular flexibility index (Phi) is 4.15. The molecule has 1 aromatic carbocycles. The molecule has 3 nitrogen and oxygen atoms in total. The van der Waals surface area contributed by atoms with E-state index < -0.39 is 0 Å². The summed E-state index contributed by atoms with van der Waals surface area (Å²) >= 11 is 0. The van der Waals surface area contributed by atoms with Crippen molar-refractivity contribution in [2.75, 3.05) is 0 Å². The summed E-state index contributed by atoms with van der Waals surface area (Å²) in [5.41, 5.74) is 15.4. The van der Waals surface area contributed by atoms with E-state index in [0.29, 0.717) is 12.0 Å². The second kappa shape index (κ2) is 5.63. The molecular formula is C14H23N3. The van der Waals surface area contributed by atoms with Gasteiger partial charge in [0.2, 0.25) is 0 Å². The second-order valence-corrected chi connectivity index (χ2v) is 4.95. The largest absolute Gasteiger partial charge is 0.314 e. The predicted molar refractivity (Wildman–Crippen MR) is 71.5 cm³/mol. The van der Waals surface area contributed by atoms with Crippen LogP contribution in [0.1, 0.15) is 43.2 Å². The molecule has 0 radical (unpaired) electrons. The molecule has 0 bridgehead atoms. The van der Waals surface area contributed by atoms with Crippen molar-refractivity contribution in [3.8, 4) is 0 Å². The van der Waals surface area contributed by atoms with Gasteiger partial charge in [-0.1, -0.05) is 44.0 Å². The molecule has 1 heterocycles. The highest BCUT2D eigenvalue weighted by atomic mass is 15.5. The van der Waals surface area contributed by atoms with Gasteiger partial charge in [0, 0.05) is 12.0 Å². The third-order valence-electron chi connectivity index (χ3n) is 3.67. The third kappa shape index (κ3) is 2.68. The van der Waals surface area contributed by atoms with Crippen LogP contribution in [0.2, 0.25) is 0 Å². The van der Waals surface area contributed by atoms with Gasteiger partial charge in [-0.25, -0.2) is 5.43 Å². The first-order valence-electron chi connectivity index (χ1n) is 6.56. The van der Waals surface area contributed by atoms with Gasteiger partial charge < -0.3 is 5.73 Å². The Morgan fingerprint density at radius 2 is 2.00 bits per heavy atom. The summed E-state index contributed by atoms with van der Waals surface area (Å²) in [6.45, 7) is 4.39. The van der Waals surface area contributed by atoms with E-state index in [1.807, 2.05) is 0 Å². The van der Waals surface area contributed by atoms with Crippen LogP contribution in [0.4, 0.5) is 0 Å². The summed E-state index contributed by atoms with van der Waals surface area (Å²) in [5, 5.41) is 0. The number of hydrazine groups is 1. The van der Waals surface area contributed by atoms with Crippen molar-refractivity contribution >= 4 is 0 Å². The highest BCUT2D eigenvalue weighted by Gasteiger charge is 2.34. The Hall–Kier alpha value is -0.900. The topological polar surface area (TPSA) is 50.1 Å². The van der Waals surface area contributed by atoms with Crippen molar-refractivity contribution in [1.82, 2.24) is 10.9 Å². The summed E-state index contributed by atoms with van der Waals surface area (Å²) in [5.74, 6) is 0.378. The van der Waals surface area contributed by atoms with Crippen molar-refractivity contribution in [1.29, 1.82) is 0 Å². The van der Waals surface area contributed by atoms with Crippen LogP contribution in [-0.4, -0.2) is 12.2 Å². The Labute approximate surface area is 104 Å². The number of aryl methyl sites for hydroxylation is 1. The predicted octanol–water partition coefficient (Wildman–Crippen LogP) is 2.03. The SMILES string of the molecule is CCCCC1NNC(N)C1c1ccccc1C. The monoisotopic (exact) mass is 233 g/mol. The molecule has 1 saturated heterocycles. The van der Waals surface area contributed by atoms with Gasteiger partial charge in [-0.2, -0.15) is 0 Å². The Morgan fingerprint density at radius 3 is 2.71 bits per heavy atom. The first-order valence-corrected chi connectivity index (χ1v) is 6.56. The van der Waals surface area contributed by atoms with E-state index in [1.54, 1.807) is 0 Å². The molecule has 17 heavy (non-hydrogen) atoms. The molecule has 2 rings (SSSR count). The molecule has 0 amide bonds. The number of benzene rings is 1. The zero-order valence-corrected chi connectivity index (χ0v) is 10.7. The molecule has 0 saturated carbocycles. The molecule has 1 aromatic rings. The van der Waals surface area contributed by atoms with Crippen LogP contribution in [0.5, 0.6) is 0 Å². The molecule has 1 aliphatic heterocycles. The minimum atomic E-state index is 0.0120.